The summed E-state index contributed by atoms with van der Waals surface area (Å²) in [5.74, 6) is -1.60. The summed E-state index contributed by atoms with van der Waals surface area (Å²) in [4.78, 5) is 13.6. The molecule has 0 spiro atoms. The molecule has 1 aromatic carbocycles. The highest BCUT2D eigenvalue weighted by molar-refractivity contribution is 7.88. The second kappa shape index (κ2) is 7.45. The fraction of sp³-hybridized carbons (Fsp3) is 0.562. The van der Waals surface area contributed by atoms with Crippen LogP contribution in [0.3, 0.4) is 0 Å². The number of amides is 2. The van der Waals surface area contributed by atoms with E-state index in [2.05, 4.69) is 5.32 Å². The highest BCUT2D eigenvalue weighted by Crippen LogP contribution is 2.26. The van der Waals surface area contributed by atoms with Gasteiger partial charge in [0.2, 0.25) is 10.0 Å². The van der Waals surface area contributed by atoms with Crippen molar-refractivity contribution >= 4 is 21.7 Å². The summed E-state index contributed by atoms with van der Waals surface area (Å²) in [6.07, 6.45) is 2.41. The van der Waals surface area contributed by atoms with Gasteiger partial charge < -0.3 is 15.0 Å². The molecule has 1 N–H and O–H groups in total. The Bertz CT molecular complexity index is 778. The van der Waals surface area contributed by atoms with Crippen molar-refractivity contribution in [1.82, 2.24) is 9.21 Å². The number of carbonyl (C=O) groups excluding carboxylic acids is 1. The molecule has 7 nitrogen and oxygen atoms in total. The van der Waals surface area contributed by atoms with Crippen molar-refractivity contribution in [3.63, 3.8) is 0 Å². The van der Waals surface area contributed by atoms with Gasteiger partial charge in [0.05, 0.1) is 18.0 Å². The minimum atomic E-state index is -3.43. The zero-order chi connectivity index (χ0) is 18.9. The van der Waals surface area contributed by atoms with Crippen molar-refractivity contribution in [2.75, 3.05) is 37.9 Å². The number of likely N-dealkylation sites (tertiary alicyclic amines) is 1. The maximum Gasteiger partial charge on any atom is 0.322 e. The quantitative estimate of drug-likeness (QED) is 0.849. The number of nitrogens with zero attached hydrogens (tertiary/aromatic N) is 2. The van der Waals surface area contributed by atoms with Crippen LogP contribution in [0.1, 0.15) is 12.8 Å². The lowest BCUT2D eigenvalue weighted by atomic mass is 10.0. The lowest BCUT2D eigenvalue weighted by Crippen LogP contribution is -2.65. The molecule has 0 atom stereocenters. The standard InChI is InChI=1S/C16H21F2N3O4S/c1-26(23,24)21(12-4-6-25-7-5-12)13-9-20(10-13)16(22)19-15-3-2-11(17)8-14(15)18/h2-3,8,12-13H,4-7,9-10H2,1H3,(H,19,22). The Hall–Kier alpha value is -1.78. The minimum absolute atomic E-state index is 0.121. The molecule has 0 radical (unpaired) electrons. The molecule has 0 saturated carbocycles. The first-order chi connectivity index (χ1) is 12.3. The van der Waals surface area contributed by atoms with Gasteiger partial charge in [0.1, 0.15) is 11.6 Å². The van der Waals surface area contributed by atoms with E-state index in [0.717, 1.165) is 12.1 Å². The van der Waals surface area contributed by atoms with E-state index in [0.29, 0.717) is 32.1 Å². The van der Waals surface area contributed by atoms with E-state index >= 15 is 0 Å². The van der Waals surface area contributed by atoms with Crippen molar-refractivity contribution in [3.05, 3.63) is 29.8 Å². The summed E-state index contributed by atoms with van der Waals surface area (Å²) in [6.45, 7) is 1.47. The lowest BCUT2D eigenvalue weighted by molar-refractivity contribution is 0.0246. The molecule has 0 unspecified atom stereocenters. The maximum atomic E-state index is 13.6. The van der Waals surface area contributed by atoms with Crippen LogP contribution in [-0.2, 0) is 14.8 Å². The van der Waals surface area contributed by atoms with Crippen LogP contribution < -0.4 is 5.32 Å². The molecular weight excluding hydrogens is 368 g/mol. The third kappa shape index (κ3) is 4.13. The second-order valence-electron chi connectivity index (χ2n) is 6.55. The number of benzene rings is 1. The summed E-state index contributed by atoms with van der Waals surface area (Å²) in [6, 6.07) is 1.89. The number of hydrogen-bond donors (Lipinski definition) is 1. The largest absolute Gasteiger partial charge is 0.381 e. The van der Waals surface area contributed by atoms with E-state index in [1.54, 1.807) is 0 Å². The van der Waals surface area contributed by atoms with Crippen LogP contribution in [0.25, 0.3) is 0 Å². The number of halogens is 2. The van der Waals surface area contributed by atoms with Crippen molar-refractivity contribution in [3.8, 4) is 0 Å². The molecule has 0 aromatic heterocycles. The Morgan fingerprint density at radius 1 is 1.23 bits per heavy atom. The van der Waals surface area contributed by atoms with Crippen LogP contribution >= 0.6 is 0 Å². The van der Waals surface area contributed by atoms with Crippen LogP contribution in [0.4, 0.5) is 19.3 Å². The van der Waals surface area contributed by atoms with Crippen LogP contribution in [0.15, 0.2) is 18.2 Å². The summed E-state index contributed by atoms with van der Waals surface area (Å²) in [7, 11) is -3.43. The molecule has 1 aromatic rings. The molecule has 2 fully saturated rings. The van der Waals surface area contributed by atoms with Crippen molar-refractivity contribution < 1.29 is 26.7 Å². The van der Waals surface area contributed by atoms with Gasteiger partial charge in [0, 0.05) is 38.4 Å². The van der Waals surface area contributed by atoms with Crippen molar-refractivity contribution in [2.24, 2.45) is 0 Å². The van der Waals surface area contributed by atoms with E-state index in [1.165, 1.54) is 15.5 Å². The molecule has 0 bridgehead atoms. The summed E-state index contributed by atoms with van der Waals surface area (Å²) >= 11 is 0. The number of ether oxygens (including phenoxy) is 1. The fourth-order valence-electron chi connectivity index (χ4n) is 3.35. The molecule has 0 aliphatic carbocycles. The van der Waals surface area contributed by atoms with Gasteiger partial charge >= 0.3 is 6.03 Å². The number of nitrogens with one attached hydrogen (secondary N) is 1. The molecule has 144 valence electrons. The number of urea groups is 1. The smallest absolute Gasteiger partial charge is 0.322 e. The molecule has 2 aliphatic rings. The first-order valence-corrected chi connectivity index (χ1v) is 10.2. The Balaban J connectivity index is 1.61. The summed E-state index contributed by atoms with van der Waals surface area (Å²) in [5.41, 5.74) is -0.121. The molecule has 26 heavy (non-hydrogen) atoms. The molecule has 2 aliphatic heterocycles. The molecule has 2 heterocycles. The third-order valence-corrected chi connectivity index (χ3v) is 5.98. The van der Waals surface area contributed by atoms with Gasteiger partial charge in [0.15, 0.2) is 0 Å². The van der Waals surface area contributed by atoms with Crippen LogP contribution in [-0.4, -0.2) is 68.3 Å². The van der Waals surface area contributed by atoms with Gasteiger partial charge in [-0.3, -0.25) is 0 Å². The van der Waals surface area contributed by atoms with Gasteiger partial charge in [-0.2, -0.15) is 4.31 Å². The lowest BCUT2D eigenvalue weighted by Gasteiger charge is -2.47. The van der Waals surface area contributed by atoms with E-state index in [9.17, 15) is 22.0 Å². The fourth-order valence-corrected chi connectivity index (χ4v) is 4.77. The van der Waals surface area contributed by atoms with E-state index in [4.69, 9.17) is 4.74 Å². The monoisotopic (exact) mass is 389 g/mol. The SMILES string of the molecule is CS(=O)(=O)N(C1CCOCC1)C1CN(C(=O)Nc2ccc(F)cc2F)C1. The maximum absolute atomic E-state index is 13.6. The van der Waals surface area contributed by atoms with E-state index in [1.807, 2.05) is 0 Å². The topological polar surface area (TPSA) is 79.0 Å². The molecule has 10 heteroatoms. The highest BCUT2D eigenvalue weighted by atomic mass is 32.2. The summed E-state index contributed by atoms with van der Waals surface area (Å²) < 4.78 is 57.7. The number of sulfonamides is 1. The number of rotatable bonds is 4. The van der Waals surface area contributed by atoms with E-state index < -0.39 is 27.7 Å². The van der Waals surface area contributed by atoms with Crippen molar-refractivity contribution in [1.29, 1.82) is 0 Å². The zero-order valence-corrected chi connectivity index (χ0v) is 15.1. The Morgan fingerprint density at radius 3 is 2.46 bits per heavy atom. The normalized spacial score (nSPS) is 19.5. The van der Waals surface area contributed by atoms with Crippen LogP contribution in [0.2, 0.25) is 0 Å². The first-order valence-electron chi connectivity index (χ1n) is 8.33. The zero-order valence-electron chi connectivity index (χ0n) is 14.3. The highest BCUT2D eigenvalue weighted by Gasteiger charge is 2.42. The van der Waals surface area contributed by atoms with Gasteiger partial charge in [-0.1, -0.05) is 0 Å². The molecule has 2 saturated heterocycles. The van der Waals surface area contributed by atoms with Crippen LogP contribution in [0, 0.1) is 11.6 Å². The summed E-state index contributed by atoms with van der Waals surface area (Å²) in [5, 5.41) is 2.37. The van der Waals surface area contributed by atoms with Gasteiger partial charge in [-0.05, 0) is 25.0 Å². The number of hydrogen-bond acceptors (Lipinski definition) is 4. The number of anilines is 1. The van der Waals surface area contributed by atoms with Gasteiger partial charge in [0.25, 0.3) is 0 Å². The third-order valence-electron chi connectivity index (χ3n) is 4.62. The molecule has 3 rings (SSSR count). The average molecular weight is 389 g/mol. The predicted molar refractivity (Wildman–Crippen MR) is 91.3 cm³/mol. The molecule has 2 amide bonds. The Morgan fingerprint density at radius 2 is 1.88 bits per heavy atom. The predicted octanol–water partition coefficient (Wildman–Crippen LogP) is 1.62. The minimum Gasteiger partial charge on any atom is -0.381 e. The first kappa shape index (κ1) is 19.0. The number of carbonyl (C=O) groups is 1. The molecular formula is C16H21F2N3O4S. The average Bonchev–Trinajstić information content (AvgIpc) is 2.52. The van der Waals surface area contributed by atoms with Crippen LogP contribution in [0.5, 0.6) is 0 Å². The second-order valence-corrected chi connectivity index (χ2v) is 8.44. The Kier molecular flexibility index (Phi) is 5.44. The van der Waals surface area contributed by atoms with Gasteiger partial charge in [-0.15, -0.1) is 0 Å². The van der Waals surface area contributed by atoms with E-state index in [-0.39, 0.29) is 30.9 Å². The van der Waals surface area contributed by atoms with Gasteiger partial charge in [-0.25, -0.2) is 22.0 Å². The van der Waals surface area contributed by atoms with Crippen molar-refractivity contribution in [2.45, 2.75) is 24.9 Å². The Labute approximate surface area is 151 Å².